The Kier molecular flexibility index (Phi) is 11.1. The third-order valence-electron chi connectivity index (χ3n) is 3.83. The van der Waals surface area contributed by atoms with Crippen LogP contribution in [-0.4, -0.2) is 56.1 Å². The van der Waals surface area contributed by atoms with Gasteiger partial charge in [0.15, 0.2) is 6.29 Å². The number of hydrogen-bond donors (Lipinski definition) is 1. The fourth-order valence-electron chi connectivity index (χ4n) is 2.39. The highest BCUT2D eigenvalue weighted by atomic mass is 16.7. The monoisotopic (exact) mass is 318 g/mol. The van der Waals surface area contributed by atoms with Crippen LogP contribution >= 0.6 is 0 Å². The van der Waals surface area contributed by atoms with Gasteiger partial charge in [-0.25, -0.2) is 0 Å². The van der Waals surface area contributed by atoms with Crippen LogP contribution < -0.4 is 0 Å². The molecule has 0 saturated carbocycles. The predicted molar refractivity (Wildman–Crippen MR) is 85.9 cm³/mol. The van der Waals surface area contributed by atoms with Gasteiger partial charge in [-0.15, -0.1) is 0 Å². The molecule has 5 nitrogen and oxygen atoms in total. The van der Waals surface area contributed by atoms with E-state index in [1.807, 2.05) is 0 Å². The summed E-state index contributed by atoms with van der Waals surface area (Å²) >= 11 is 0. The lowest BCUT2D eigenvalue weighted by atomic mass is 10.1. The van der Waals surface area contributed by atoms with Crippen LogP contribution in [0.25, 0.3) is 0 Å². The molecule has 5 heteroatoms. The van der Waals surface area contributed by atoms with Crippen LogP contribution in [0, 0.1) is 0 Å². The lowest BCUT2D eigenvalue weighted by molar-refractivity contribution is -0.150. The molecule has 1 saturated heterocycles. The Bertz CT molecular complexity index is 261. The normalized spacial score (nSPS) is 28.4. The minimum Gasteiger partial charge on any atom is -0.379 e. The van der Waals surface area contributed by atoms with Crippen LogP contribution in [0.4, 0.5) is 0 Å². The maximum absolute atomic E-state index is 10.1. The van der Waals surface area contributed by atoms with Gasteiger partial charge in [-0.05, 0) is 19.3 Å². The quantitative estimate of drug-likeness (QED) is 0.529. The van der Waals surface area contributed by atoms with Crippen molar-refractivity contribution < 1.29 is 24.1 Å². The Morgan fingerprint density at radius 2 is 1.36 bits per heavy atom. The molecular weight excluding hydrogens is 284 g/mol. The fraction of sp³-hybridized carbons (Fsp3) is 1.00. The maximum atomic E-state index is 10.1. The Balaban J connectivity index is 2.48. The lowest BCUT2D eigenvalue weighted by Crippen LogP contribution is -2.39. The molecular formula is C17H34O5. The molecule has 0 aliphatic carbocycles. The third kappa shape index (κ3) is 6.92. The van der Waals surface area contributed by atoms with Crippen LogP contribution in [0.1, 0.15) is 59.3 Å². The van der Waals surface area contributed by atoms with E-state index in [4.69, 9.17) is 18.9 Å². The first kappa shape index (κ1) is 19.8. The highest BCUT2D eigenvalue weighted by Crippen LogP contribution is 2.26. The molecule has 1 N–H and O–H groups in total. The van der Waals surface area contributed by atoms with Gasteiger partial charge in [-0.3, -0.25) is 0 Å². The van der Waals surface area contributed by atoms with Crippen molar-refractivity contribution in [3.05, 3.63) is 0 Å². The summed E-state index contributed by atoms with van der Waals surface area (Å²) in [6, 6.07) is 0. The molecule has 0 radical (unpaired) electrons. The van der Waals surface area contributed by atoms with E-state index < -0.39 is 12.4 Å². The van der Waals surface area contributed by atoms with Gasteiger partial charge in [0.25, 0.3) is 0 Å². The van der Waals surface area contributed by atoms with Gasteiger partial charge >= 0.3 is 0 Å². The Labute approximate surface area is 135 Å². The highest BCUT2D eigenvalue weighted by molar-refractivity contribution is 4.89. The second-order valence-corrected chi connectivity index (χ2v) is 5.87. The van der Waals surface area contributed by atoms with Crippen molar-refractivity contribution in [1.82, 2.24) is 0 Å². The molecule has 1 fully saturated rings. The molecule has 0 bridgehead atoms. The Hall–Kier alpha value is -0.200. The minimum absolute atomic E-state index is 0.250. The first-order valence-electron chi connectivity index (χ1n) is 8.89. The third-order valence-corrected chi connectivity index (χ3v) is 3.83. The Morgan fingerprint density at radius 3 is 1.95 bits per heavy atom. The topological polar surface area (TPSA) is 57.2 Å². The molecule has 132 valence electrons. The van der Waals surface area contributed by atoms with E-state index in [9.17, 15) is 5.11 Å². The van der Waals surface area contributed by atoms with Gasteiger partial charge in [0.1, 0.15) is 18.3 Å². The number of unbranched alkanes of at least 4 members (excludes halogenated alkanes) is 3. The van der Waals surface area contributed by atoms with E-state index in [0.29, 0.717) is 19.8 Å². The number of hydrogen-bond acceptors (Lipinski definition) is 5. The van der Waals surface area contributed by atoms with Crippen molar-refractivity contribution in [3.63, 3.8) is 0 Å². The van der Waals surface area contributed by atoms with E-state index in [-0.39, 0.29) is 12.2 Å². The van der Waals surface area contributed by atoms with Crippen LogP contribution in [0.15, 0.2) is 0 Å². The van der Waals surface area contributed by atoms with Gasteiger partial charge in [0, 0.05) is 19.8 Å². The second-order valence-electron chi connectivity index (χ2n) is 5.87. The zero-order valence-electron chi connectivity index (χ0n) is 14.5. The zero-order chi connectivity index (χ0) is 16.2. The van der Waals surface area contributed by atoms with Crippen molar-refractivity contribution in [2.24, 2.45) is 0 Å². The summed E-state index contributed by atoms with van der Waals surface area (Å²) in [5.41, 5.74) is 0. The van der Waals surface area contributed by atoms with E-state index in [2.05, 4.69) is 20.8 Å². The number of aliphatic hydroxyl groups is 1. The lowest BCUT2D eigenvalue weighted by Gasteiger charge is -2.23. The molecule has 1 rings (SSSR count). The molecule has 1 aliphatic rings. The van der Waals surface area contributed by atoms with Gasteiger partial charge in [-0.2, -0.15) is 0 Å². The van der Waals surface area contributed by atoms with Crippen LogP contribution in [-0.2, 0) is 18.9 Å². The van der Waals surface area contributed by atoms with Crippen molar-refractivity contribution in [2.75, 3.05) is 26.4 Å². The van der Waals surface area contributed by atoms with Gasteiger partial charge in [0.2, 0.25) is 0 Å². The number of ether oxygens (including phenoxy) is 4. The molecule has 4 atom stereocenters. The summed E-state index contributed by atoms with van der Waals surface area (Å²) in [5, 5.41) is 10.1. The number of aliphatic hydroxyl groups excluding tert-OH is 1. The second kappa shape index (κ2) is 12.3. The first-order chi connectivity index (χ1) is 10.7. The maximum Gasteiger partial charge on any atom is 0.184 e. The Morgan fingerprint density at radius 1 is 0.818 bits per heavy atom. The molecule has 0 aromatic rings. The minimum atomic E-state index is -0.928. The molecule has 0 spiro atoms. The summed E-state index contributed by atoms with van der Waals surface area (Å²) in [6.07, 6.45) is 4.41. The van der Waals surface area contributed by atoms with Crippen LogP contribution in [0.5, 0.6) is 0 Å². The fourth-order valence-corrected chi connectivity index (χ4v) is 2.39. The van der Waals surface area contributed by atoms with Crippen LogP contribution in [0.2, 0.25) is 0 Å². The van der Waals surface area contributed by atoms with Crippen molar-refractivity contribution in [3.8, 4) is 0 Å². The average molecular weight is 318 g/mol. The number of rotatable bonds is 13. The standard InChI is InChI=1S/C17H34O5/c1-4-7-10-19-13-14-15(20-11-8-5-2)16(17(18)22-14)21-12-9-6-3/h14-18H,4-13H2,1-3H3/t14-,15-,16-,17+/m1/s1. The van der Waals surface area contributed by atoms with E-state index in [1.165, 1.54) is 0 Å². The molecule has 0 aromatic heterocycles. The predicted octanol–water partition coefficient (Wildman–Crippen LogP) is 2.89. The molecule has 0 aromatic carbocycles. The zero-order valence-corrected chi connectivity index (χ0v) is 14.5. The smallest absolute Gasteiger partial charge is 0.184 e. The van der Waals surface area contributed by atoms with E-state index in [0.717, 1.165) is 45.1 Å². The summed E-state index contributed by atoms with van der Waals surface area (Å²) in [6.45, 7) is 8.83. The van der Waals surface area contributed by atoms with Gasteiger partial charge in [0.05, 0.1) is 6.61 Å². The molecule has 22 heavy (non-hydrogen) atoms. The summed E-state index contributed by atoms with van der Waals surface area (Å²) in [5.74, 6) is 0. The summed E-state index contributed by atoms with van der Waals surface area (Å²) in [4.78, 5) is 0. The first-order valence-corrected chi connectivity index (χ1v) is 8.89. The van der Waals surface area contributed by atoms with E-state index in [1.54, 1.807) is 0 Å². The summed E-state index contributed by atoms with van der Waals surface area (Å²) in [7, 11) is 0. The summed E-state index contributed by atoms with van der Waals surface area (Å²) < 4.78 is 23.0. The molecule has 1 heterocycles. The largest absolute Gasteiger partial charge is 0.379 e. The van der Waals surface area contributed by atoms with Crippen molar-refractivity contribution >= 4 is 0 Å². The van der Waals surface area contributed by atoms with Crippen LogP contribution in [0.3, 0.4) is 0 Å². The average Bonchev–Trinajstić information content (AvgIpc) is 2.80. The highest BCUT2D eigenvalue weighted by Gasteiger charge is 2.45. The molecule has 0 amide bonds. The molecule has 1 aliphatic heterocycles. The van der Waals surface area contributed by atoms with Gasteiger partial charge in [-0.1, -0.05) is 40.0 Å². The SMILES string of the molecule is CCCCOC[C@H]1O[C@H](O)[C@H](OCCCC)[C@@H]1OCCCC. The van der Waals surface area contributed by atoms with Crippen molar-refractivity contribution in [1.29, 1.82) is 0 Å². The molecule has 0 unspecified atom stereocenters. The van der Waals surface area contributed by atoms with Crippen molar-refractivity contribution in [2.45, 2.75) is 83.9 Å². The van der Waals surface area contributed by atoms with Gasteiger partial charge < -0.3 is 24.1 Å². The van der Waals surface area contributed by atoms with E-state index >= 15 is 0 Å².